The Bertz CT molecular complexity index is 1140. The van der Waals surface area contributed by atoms with Crippen LogP contribution in [0.15, 0.2) is 40.3 Å². The van der Waals surface area contributed by atoms with Crippen LogP contribution in [0.25, 0.3) is 6.08 Å². The summed E-state index contributed by atoms with van der Waals surface area (Å²) < 4.78 is 16.1. The van der Waals surface area contributed by atoms with Crippen molar-refractivity contribution in [1.82, 2.24) is 5.01 Å². The Balaban J connectivity index is 1.90. The minimum Gasteiger partial charge on any atom is -0.507 e. The van der Waals surface area contributed by atoms with Crippen LogP contribution in [0.4, 0.5) is 5.69 Å². The molecule has 3 rings (SSSR count). The van der Waals surface area contributed by atoms with E-state index in [4.69, 9.17) is 26.4 Å². The quantitative estimate of drug-likeness (QED) is 0.210. The molecule has 32 heavy (non-hydrogen) atoms. The number of carbonyl (C=O) groups excluding carboxylic acids is 1. The van der Waals surface area contributed by atoms with Gasteiger partial charge in [-0.25, -0.2) is 0 Å². The van der Waals surface area contributed by atoms with Crippen LogP contribution in [0, 0.1) is 10.1 Å². The zero-order valence-corrected chi connectivity index (χ0v) is 18.7. The van der Waals surface area contributed by atoms with E-state index in [9.17, 15) is 20.0 Å². The van der Waals surface area contributed by atoms with Crippen molar-refractivity contribution in [2.45, 2.75) is 0 Å². The van der Waals surface area contributed by atoms with Crippen LogP contribution >= 0.6 is 24.0 Å². The number of nitrogens with zero attached hydrogens (tertiary/aromatic N) is 3. The minimum atomic E-state index is -0.601. The van der Waals surface area contributed by atoms with Crippen molar-refractivity contribution in [3.63, 3.8) is 0 Å². The van der Waals surface area contributed by atoms with E-state index in [0.717, 1.165) is 35.1 Å². The number of methoxy groups -OCH3 is 3. The molecular weight excluding hydrogens is 458 g/mol. The number of hydrazone groups is 1. The lowest BCUT2D eigenvalue weighted by molar-refractivity contribution is -0.384. The van der Waals surface area contributed by atoms with Crippen molar-refractivity contribution >= 4 is 52.2 Å². The van der Waals surface area contributed by atoms with Crippen LogP contribution in [-0.4, -0.2) is 52.8 Å². The lowest BCUT2D eigenvalue weighted by Gasteiger charge is -2.13. The van der Waals surface area contributed by atoms with E-state index in [-0.39, 0.29) is 21.3 Å². The molecular formula is C20H17N3O7S2. The highest BCUT2D eigenvalue weighted by Crippen LogP contribution is 2.40. The van der Waals surface area contributed by atoms with Crippen molar-refractivity contribution in [1.29, 1.82) is 0 Å². The van der Waals surface area contributed by atoms with Gasteiger partial charge in [0.05, 0.1) is 37.4 Å². The number of phenols is 1. The number of benzene rings is 2. The Hall–Kier alpha value is -3.64. The number of ether oxygens (including phenoxy) is 3. The van der Waals surface area contributed by atoms with E-state index in [1.165, 1.54) is 27.4 Å². The summed E-state index contributed by atoms with van der Waals surface area (Å²) in [6, 6.07) is 6.83. The van der Waals surface area contributed by atoms with Crippen LogP contribution in [0.1, 0.15) is 11.1 Å². The smallest absolute Gasteiger partial charge is 0.286 e. The highest BCUT2D eigenvalue weighted by Gasteiger charge is 2.32. The van der Waals surface area contributed by atoms with E-state index < -0.39 is 10.8 Å². The number of hydrogen-bond acceptors (Lipinski definition) is 10. The first-order valence-electron chi connectivity index (χ1n) is 8.88. The van der Waals surface area contributed by atoms with Gasteiger partial charge < -0.3 is 19.3 Å². The zero-order valence-electron chi connectivity index (χ0n) is 17.1. The maximum Gasteiger partial charge on any atom is 0.286 e. The van der Waals surface area contributed by atoms with Gasteiger partial charge in [-0.1, -0.05) is 11.8 Å². The summed E-state index contributed by atoms with van der Waals surface area (Å²) in [4.78, 5) is 23.4. The van der Waals surface area contributed by atoms with Crippen LogP contribution < -0.4 is 14.2 Å². The van der Waals surface area contributed by atoms with E-state index in [1.54, 1.807) is 18.2 Å². The maximum atomic E-state index is 12.8. The molecule has 1 amide bonds. The molecule has 0 spiro atoms. The lowest BCUT2D eigenvalue weighted by Crippen LogP contribution is -2.22. The molecule has 0 aromatic heterocycles. The summed E-state index contributed by atoms with van der Waals surface area (Å²) in [6.45, 7) is 0. The third kappa shape index (κ3) is 4.65. The van der Waals surface area contributed by atoms with Gasteiger partial charge in [-0.2, -0.15) is 10.1 Å². The fraction of sp³-hybridized carbons (Fsp3) is 0.150. The number of hydrogen-bond donors (Lipinski definition) is 1. The van der Waals surface area contributed by atoms with E-state index in [0.29, 0.717) is 27.7 Å². The standard InChI is InChI=1S/C20H17N3O7S2/c1-28-15-6-11(7-16(29-2)18(15)30-3)8-17-19(25)22(20(31)32-17)21-10-12-9-13(23(26)27)4-5-14(12)24/h4-10,24H,1-3H3/b17-8-,21-10+. The maximum absolute atomic E-state index is 12.8. The van der Waals surface area contributed by atoms with Crippen molar-refractivity contribution in [3.05, 3.63) is 56.5 Å². The second-order valence-electron chi connectivity index (χ2n) is 6.20. The molecule has 0 atom stereocenters. The molecule has 0 aliphatic carbocycles. The molecule has 1 N–H and O–H groups in total. The molecule has 1 aliphatic heterocycles. The largest absolute Gasteiger partial charge is 0.507 e. The molecule has 0 radical (unpaired) electrons. The van der Waals surface area contributed by atoms with Crippen molar-refractivity contribution < 1.29 is 29.0 Å². The average Bonchev–Trinajstić information content (AvgIpc) is 3.04. The van der Waals surface area contributed by atoms with Crippen LogP contribution in [0.3, 0.4) is 0 Å². The second kappa shape index (κ2) is 9.66. The molecule has 10 nitrogen and oxygen atoms in total. The molecule has 166 valence electrons. The number of phenolic OH excluding ortho intramolecular Hbond substituents is 1. The van der Waals surface area contributed by atoms with Crippen LogP contribution in [0.5, 0.6) is 23.0 Å². The van der Waals surface area contributed by atoms with Gasteiger partial charge in [-0.15, -0.1) is 0 Å². The summed E-state index contributed by atoms with van der Waals surface area (Å²) in [5.41, 5.74) is 0.458. The van der Waals surface area contributed by atoms with Crippen molar-refractivity contribution in [2.75, 3.05) is 21.3 Å². The highest BCUT2D eigenvalue weighted by atomic mass is 32.2. The summed E-state index contributed by atoms with van der Waals surface area (Å²) in [6.07, 6.45) is 2.74. The summed E-state index contributed by atoms with van der Waals surface area (Å²) in [5, 5.41) is 25.8. The topological polar surface area (TPSA) is 124 Å². The van der Waals surface area contributed by atoms with E-state index >= 15 is 0 Å². The lowest BCUT2D eigenvalue weighted by atomic mass is 10.1. The number of nitro groups is 1. The summed E-state index contributed by atoms with van der Waals surface area (Å²) in [5.74, 6) is 0.550. The van der Waals surface area contributed by atoms with Crippen LogP contribution in [0.2, 0.25) is 0 Å². The number of non-ortho nitro benzene ring substituents is 1. The molecule has 12 heteroatoms. The molecule has 1 heterocycles. The van der Waals surface area contributed by atoms with Crippen LogP contribution in [-0.2, 0) is 4.79 Å². The number of aromatic hydroxyl groups is 1. The number of amides is 1. The zero-order chi connectivity index (χ0) is 23.4. The fourth-order valence-corrected chi connectivity index (χ4v) is 3.95. The normalized spacial score (nSPS) is 15.0. The molecule has 1 saturated heterocycles. The third-order valence-corrected chi connectivity index (χ3v) is 5.58. The minimum absolute atomic E-state index is 0.0712. The second-order valence-corrected chi connectivity index (χ2v) is 7.87. The first kappa shape index (κ1) is 23.0. The number of nitro benzene ring substituents is 1. The first-order chi connectivity index (χ1) is 15.3. The molecule has 0 unspecified atom stereocenters. The van der Waals surface area contributed by atoms with Gasteiger partial charge in [0.25, 0.3) is 11.6 Å². The van der Waals surface area contributed by atoms with Gasteiger partial charge in [-0.05, 0) is 42.1 Å². The van der Waals surface area contributed by atoms with Gasteiger partial charge >= 0.3 is 0 Å². The Morgan fingerprint density at radius 3 is 2.38 bits per heavy atom. The fourth-order valence-electron chi connectivity index (χ4n) is 2.77. The SMILES string of the molecule is COc1cc(/C=C2\SC(=S)N(/N=C/c3cc([N+](=O)[O-])ccc3O)C2=O)cc(OC)c1OC. The summed E-state index contributed by atoms with van der Waals surface area (Å²) in [7, 11) is 4.46. The number of carbonyl (C=O) groups is 1. The van der Waals surface area contributed by atoms with Gasteiger partial charge in [-0.3, -0.25) is 14.9 Å². The van der Waals surface area contributed by atoms with Crippen molar-refractivity contribution in [2.24, 2.45) is 5.10 Å². The molecule has 1 fully saturated rings. The van der Waals surface area contributed by atoms with Gasteiger partial charge in [0, 0.05) is 17.7 Å². The predicted molar refractivity (Wildman–Crippen MR) is 123 cm³/mol. The Morgan fingerprint density at radius 1 is 1.16 bits per heavy atom. The first-order valence-corrected chi connectivity index (χ1v) is 10.1. The van der Waals surface area contributed by atoms with Gasteiger partial charge in [0.2, 0.25) is 5.75 Å². The molecule has 0 saturated carbocycles. The van der Waals surface area contributed by atoms with E-state index in [2.05, 4.69) is 5.10 Å². The Labute approximate surface area is 192 Å². The highest BCUT2D eigenvalue weighted by molar-refractivity contribution is 8.26. The summed E-state index contributed by atoms with van der Waals surface area (Å²) >= 11 is 6.27. The number of thioether (sulfide) groups is 1. The van der Waals surface area contributed by atoms with E-state index in [1.807, 2.05) is 0 Å². The van der Waals surface area contributed by atoms with Gasteiger partial charge in [0.15, 0.2) is 15.8 Å². The molecule has 2 aromatic rings. The molecule has 1 aliphatic rings. The third-order valence-electron chi connectivity index (χ3n) is 4.29. The van der Waals surface area contributed by atoms with Crippen molar-refractivity contribution in [3.8, 4) is 23.0 Å². The number of thiocarbonyl (C=S) groups is 1. The Morgan fingerprint density at radius 2 is 1.81 bits per heavy atom. The predicted octanol–water partition coefficient (Wildman–Crippen LogP) is 3.56. The Kier molecular flexibility index (Phi) is 6.95. The molecule has 0 bridgehead atoms. The molecule has 2 aromatic carbocycles. The average molecular weight is 476 g/mol. The number of rotatable bonds is 7. The van der Waals surface area contributed by atoms with Gasteiger partial charge in [0.1, 0.15) is 5.75 Å². The monoisotopic (exact) mass is 475 g/mol.